The SMILES string of the molecule is CC1=CN(Cc2ccc(F)cc2)C=C(C(N)=O)C1. The standard InChI is InChI=1S/C14H15FN2O/c1-10-6-12(14(16)18)9-17(7-10)8-11-2-4-13(15)5-3-11/h2-5,7,9H,6,8H2,1H3,(H2,16,18). The maximum Gasteiger partial charge on any atom is 0.246 e. The first-order valence-corrected chi connectivity index (χ1v) is 5.72. The van der Waals surface area contributed by atoms with Crippen LogP contribution in [0.15, 0.2) is 47.8 Å². The molecular formula is C14H15FN2O. The van der Waals surface area contributed by atoms with Crippen LogP contribution >= 0.6 is 0 Å². The molecule has 1 amide bonds. The lowest BCUT2D eigenvalue weighted by Crippen LogP contribution is -2.22. The molecule has 1 aliphatic rings. The van der Waals surface area contributed by atoms with E-state index in [0.717, 1.165) is 11.1 Å². The van der Waals surface area contributed by atoms with Crippen molar-refractivity contribution in [3.8, 4) is 0 Å². The summed E-state index contributed by atoms with van der Waals surface area (Å²) in [5.41, 5.74) is 7.94. The average molecular weight is 246 g/mol. The minimum atomic E-state index is -0.397. The van der Waals surface area contributed by atoms with Gasteiger partial charge in [-0.3, -0.25) is 4.79 Å². The van der Waals surface area contributed by atoms with Crippen LogP contribution in [0.25, 0.3) is 0 Å². The highest BCUT2D eigenvalue weighted by atomic mass is 19.1. The first-order valence-electron chi connectivity index (χ1n) is 5.72. The van der Waals surface area contributed by atoms with Crippen molar-refractivity contribution in [2.45, 2.75) is 19.9 Å². The van der Waals surface area contributed by atoms with Crippen molar-refractivity contribution < 1.29 is 9.18 Å². The summed E-state index contributed by atoms with van der Waals surface area (Å²) < 4.78 is 12.8. The van der Waals surface area contributed by atoms with E-state index in [2.05, 4.69) is 0 Å². The summed E-state index contributed by atoms with van der Waals surface area (Å²) in [7, 11) is 0. The van der Waals surface area contributed by atoms with Crippen molar-refractivity contribution >= 4 is 5.91 Å². The molecule has 0 unspecified atom stereocenters. The van der Waals surface area contributed by atoms with Gasteiger partial charge in [0.1, 0.15) is 5.82 Å². The van der Waals surface area contributed by atoms with Crippen LogP contribution in [0.5, 0.6) is 0 Å². The molecule has 1 heterocycles. The van der Waals surface area contributed by atoms with Gasteiger partial charge < -0.3 is 10.6 Å². The Hall–Kier alpha value is -2.10. The van der Waals surface area contributed by atoms with E-state index in [9.17, 15) is 9.18 Å². The number of halogens is 1. The summed E-state index contributed by atoms with van der Waals surface area (Å²) in [4.78, 5) is 13.1. The van der Waals surface area contributed by atoms with Gasteiger partial charge in [-0.05, 0) is 24.6 Å². The summed E-state index contributed by atoms with van der Waals surface area (Å²) in [6.07, 6.45) is 4.31. The lowest BCUT2D eigenvalue weighted by molar-refractivity contribution is -0.114. The Morgan fingerprint density at radius 1 is 1.33 bits per heavy atom. The van der Waals surface area contributed by atoms with Crippen LogP contribution in [-0.2, 0) is 11.3 Å². The quantitative estimate of drug-likeness (QED) is 0.889. The topological polar surface area (TPSA) is 46.3 Å². The van der Waals surface area contributed by atoms with Crippen LogP contribution in [-0.4, -0.2) is 10.8 Å². The summed E-state index contributed by atoms with van der Waals surface area (Å²) >= 11 is 0. The minimum absolute atomic E-state index is 0.252. The smallest absolute Gasteiger partial charge is 0.246 e. The Kier molecular flexibility index (Phi) is 3.46. The number of nitrogens with zero attached hydrogens (tertiary/aromatic N) is 1. The van der Waals surface area contributed by atoms with Gasteiger partial charge in [-0.15, -0.1) is 0 Å². The molecule has 1 aliphatic heterocycles. The summed E-state index contributed by atoms with van der Waals surface area (Å²) in [6.45, 7) is 2.54. The van der Waals surface area contributed by atoms with Crippen molar-refractivity contribution in [1.82, 2.24) is 4.90 Å². The molecule has 0 fully saturated rings. The zero-order valence-corrected chi connectivity index (χ0v) is 10.2. The molecule has 0 saturated heterocycles. The third-order valence-corrected chi connectivity index (χ3v) is 2.77. The lowest BCUT2D eigenvalue weighted by Gasteiger charge is -2.23. The molecule has 0 atom stereocenters. The predicted molar refractivity (Wildman–Crippen MR) is 67.6 cm³/mol. The van der Waals surface area contributed by atoms with Gasteiger partial charge in [0.15, 0.2) is 0 Å². The van der Waals surface area contributed by atoms with Crippen LogP contribution in [0, 0.1) is 5.82 Å². The highest BCUT2D eigenvalue weighted by Gasteiger charge is 2.13. The number of rotatable bonds is 3. The molecule has 4 heteroatoms. The van der Waals surface area contributed by atoms with Gasteiger partial charge in [-0.25, -0.2) is 4.39 Å². The van der Waals surface area contributed by atoms with Crippen molar-refractivity contribution in [3.05, 3.63) is 59.2 Å². The normalized spacial score (nSPS) is 15.1. The first kappa shape index (κ1) is 12.4. The Bertz CT molecular complexity index is 517. The van der Waals surface area contributed by atoms with Gasteiger partial charge in [0, 0.05) is 30.9 Å². The van der Waals surface area contributed by atoms with E-state index < -0.39 is 5.91 Å². The number of carbonyl (C=O) groups is 1. The largest absolute Gasteiger partial charge is 0.366 e. The molecule has 0 bridgehead atoms. The molecule has 94 valence electrons. The molecule has 0 aromatic heterocycles. The van der Waals surface area contributed by atoms with Crippen LogP contribution in [0.4, 0.5) is 4.39 Å². The molecule has 0 radical (unpaired) electrons. The molecule has 2 N–H and O–H groups in total. The van der Waals surface area contributed by atoms with E-state index >= 15 is 0 Å². The number of carbonyl (C=O) groups excluding carboxylic acids is 1. The lowest BCUT2D eigenvalue weighted by atomic mass is 10.0. The molecule has 2 rings (SSSR count). The fourth-order valence-electron chi connectivity index (χ4n) is 1.95. The first-order chi connectivity index (χ1) is 8.54. The number of amides is 1. The predicted octanol–water partition coefficient (Wildman–Crippen LogP) is 2.30. The van der Waals surface area contributed by atoms with Crippen molar-refractivity contribution in [1.29, 1.82) is 0 Å². The fraction of sp³-hybridized carbons (Fsp3) is 0.214. The third-order valence-electron chi connectivity index (χ3n) is 2.77. The van der Waals surface area contributed by atoms with E-state index in [4.69, 9.17) is 5.73 Å². The molecule has 0 saturated carbocycles. The van der Waals surface area contributed by atoms with Crippen LogP contribution in [0.3, 0.4) is 0 Å². The summed E-state index contributed by atoms with van der Waals surface area (Å²) in [6, 6.07) is 6.30. The minimum Gasteiger partial charge on any atom is -0.366 e. The number of primary amides is 1. The molecular weight excluding hydrogens is 231 g/mol. The number of nitrogens with two attached hydrogens (primary N) is 1. The Morgan fingerprint density at radius 3 is 2.61 bits per heavy atom. The average Bonchev–Trinajstić information content (AvgIpc) is 2.31. The van der Waals surface area contributed by atoms with Crippen molar-refractivity contribution in [2.24, 2.45) is 5.73 Å². The van der Waals surface area contributed by atoms with Crippen LogP contribution < -0.4 is 5.73 Å². The zero-order valence-electron chi connectivity index (χ0n) is 10.2. The van der Waals surface area contributed by atoms with Gasteiger partial charge in [0.25, 0.3) is 0 Å². The Morgan fingerprint density at radius 2 is 2.00 bits per heavy atom. The van der Waals surface area contributed by atoms with E-state index in [1.165, 1.54) is 12.1 Å². The van der Waals surface area contributed by atoms with E-state index in [-0.39, 0.29) is 5.82 Å². The highest BCUT2D eigenvalue weighted by molar-refractivity contribution is 5.92. The maximum atomic E-state index is 12.8. The molecule has 0 spiro atoms. The molecule has 0 aliphatic carbocycles. The van der Waals surface area contributed by atoms with E-state index in [0.29, 0.717) is 18.5 Å². The second-order valence-electron chi connectivity index (χ2n) is 4.47. The van der Waals surface area contributed by atoms with Gasteiger partial charge in [0.05, 0.1) is 0 Å². The Balaban J connectivity index is 2.15. The zero-order chi connectivity index (χ0) is 13.1. The number of benzene rings is 1. The Labute approximate surface area is 105 Å². The fourth-order valence-corrected chi connectivity index (χ4v) is 1.95. The van der Waals surface area contributed by atoms with Crippen molar-refractivity contribution in [2.75, 3.05) is 0 Å². The third kappa shape index (κ3) is 2.97. The molecule has 18 heavy (non-hydrogen) atoms. The van der Waals surface area contributed by atoms with Gasteiger partial charge in [-0.2, -0.15) is 0 Å². The number of hydrogen-bond acceptors (Lipinski definition) is 2. The van der Waals surface area contributed by atoms with Crippen LogP contribution in [0.2, 0.25) is 0 Å². The monoisotopic (exact) mass is 246 g/mol. The second-order valence-corrected chi connectivity index (χ2v) is 4.47. The van der Waals surface area contributed by atoms with E-state index in [1.807, 2.05) is 18.0 Å². The summed E-state index contributed by atoms with van der Waals surface area (Å²) in [5, 5.41) is 0. The van der Waals surface area contributed by atoms with E-state index in [1.54, 1.807) is 18.3 Å². The van der Waals surface area contributed by atoms with Crippen LogP contribution in [0.1, 0.15) is 18.9 Å². The van der Waals surface area contributed by atoms with Gasteiger partial charge in [0.2, 0.25) is 5.91 Å². The number of allylic oxidation sites excluding steroid dienone is 1. The number of hydrogen-bond donors (Lipinski definition) is 1. The van der Waals surface area contributed by atoms with Gasteiger partial charge >= 0.3 is 0 Å². The maximum absolute atomic E-state index is 12.8. The molecule has 3 nitrogen and oxygen atoms in total. The second kappa shape index (κ2) is 5.04. The molecule has 1 aromatic carbocycles. The van der Waals surface area contributed by atoms with Gasteiger partial charge in [-0.1, -0.05) is 17.7 Å². The highest BCUT2D eigenvalue weighted by Crippen LogP contribution is 2.20. The molecule has 1 aromatic rings. The summed E-state index contributed by atoms with van der Waals surface area (Å²) in [5.74, 6) is -0.649. The van der Waals surface area contributed by atoms with Crippen molar-refractivity contribution in [3.63, 3.8) is 0 Å².